The zero-order chi connectivity index (χ0) is 11.5. The van der Waals surface area contributed by atoms with Gasteiger partial charge in [0.15, 0.2) is 0 Å². The monoisotopic (exact) mass is 234 g/mol. The van der Waals surface area contributed by atoms with E-state index in [0.29, 0.717) is 0 Å². The molecule has 0 radical (unpaired) electrons. The summed E-state index contributed by atoms with van der Waals surface area (Å²) in [7, 11) is -3.71. The van der Waals surface area contributed by atoms with E-state index in [1.54, 1.807) is 0 Å². The number of carboxylic acids is 1. The molecule has 0 heterocycles. The molecule has 15 heavy (non-hydrogen) atoms. The normalized spacial score (nSPS) is 18.4. The fraction of sp³-hybridized carbons (Fsp3) is 0.625. The molecule has 0 aromatic heterocycles. The van der Waals surface area contributed by atoms with Gasteiger partial charge in [0, 0.05) is 6.04 Å². The zero-order valence-electron chi connectivity index (χ0n) is 8.14. The topological polar surface area (TPSA) is 95.5 Å². The highest BCUT2D eigenvalue weighted by atomic mass is 32.2. The third kappa shape index (κ3) is 4.41. The van der Waals surface area contributed by atoms with Gasteiger partial charge in [0.05, 0.1) is 0 Å². The molecule has 1 aliphatic carbocycles. The van der Waals surface area contributed by atoms with Gasteiger partial charge in [-0.3, -0.25) is 4.79 Å². The van der Waals surface area contributed by atoms with Gasteiger partial charge in [-0.1, -0.05) is 6.08 Å². The molecule has 0 aromatic rings. The predicted octanol–water partition coefficient (Wildman–Crippen LogP) is -0.398. The van der Waals surface area contributed by atoms with Crippen molar-refractivity contribution in [2.75, 3.05) is 0 Å². The fourth-order valence-electron chi connectivity index (χ4n) is 1.01. The van der Waals surface area contributed by atoms with Crippen LogP contribution in [0.4, 0.5) is 0 Å². The minimum atomic E-state index is -3.71. The van der Waals surface area contributed by atoms with Crippen molar-refractivity contribution in [2.24, 2.45) is 0 Å². The summed E-state index contributed by atoms with van der Waals surface area (Å²) >= 11 is 0. The number of carbonyl (C=O) groups is 1. The van der Waals surface area contributed by atoms with E-state index in [0.717, 1.165) is 12.8 Å². The summed E-state index contributed by atoms with van der Waals surface area (Å²) < 4.78 is 27.1. The molecule has 1 saturated carbocycles. The lowest BCUT2D eigenvalue weighted by Crippen LogP contribution is -2.46. The van der Waals surface area contributed by atoms with E-state index < -0.39 is 22.2 Å². The Bertz CT molecular complexity index is 348. The largest absolute Gasteiger partial charge is 0.480 e. The molecule has 1 fully saturated rings. The van der Waals surface area contributed by atoms with E-state index in [9.17, 15) is 13.2 Å². The van der Waals surface area contributed by atoms with Gasteiger partial charge in [-0.25, -0.2) is 0 Å². The first kappa shape index (κ1) is 12.2. The maximum atomic E-state index is 11.4. The Balaban J connectivity index is 2.54. The average Bonchev–Trinajstić information content (AvgIpc) is 2.86. The lowest BCUT2D eigenvalue weighted by atomic mass is 10.2. The molecule has 1 unspecified atom stereocenters. The molecular formula is C8H14N2O4S. The van der Waals surface area contributed by atoms with Gasteiger partial charge in [0.2, 0.25) is 0 Å². The van der Waals surface area contributed by atoms with Crippen molar-refractivity contribution in [3.8, 4) is 0 Å². The second-order valence-electron chi connectivity index (χ2n) is 3.43. The molecule has 0 amide bonds. The quantitative estimate of drug-likeness (QED) is 0.522. The van der Waals surface area contributed by atoms with E-state index >= 15 is 0 Å². The van der Waals surface area contributed by atoms with E-state index in [4.69, 9.17) is 5.11 Å². The first-order valence-corrected chi connectivity index (χ1v) is 6.06. The summed E-state index contributed by atoms with van der Waals surface area (Å²) in [5, 5.41) is 8.71. The van der Waals surface area contributed by atoms with Crippen LogP contribution in [0.2, 0.25) is 0 Å². The van der Waals surface area contributed by atoms with Crippen LogP contribution >= 0.6 is 0 Å². The van der Waals surface area contributed by atoms with E-state index in [-0.39, 0.29) is 12.5 Å². The Morgan fingerprint density at radius 3 is 2.60 bits per heavy atom. The molecule has 0 bridgehead atoms. The molecule has 0 spiro atoms. The lowest BCUT2D eigenvalue weighted by Gasteiger charge is -2.13. The lowest BCUT2D eigenvalue weighted by molar-refractivity contribution is -0.138. The second-order valence-corrected chi connectivity index (χ2v) is 4.91. The summed E-state index contributed by atoms with van der Waals surface area (Å²) in [4.78, 5) is 10.7. The summed E-state index contributed by atoms with van der Waals surface area (Å²) in [6, 6.07) is -1.19. The molecule has 0 aromatic carbocycles. The average molecular weight is 234 g/mol. The van der Waals surface area contributed by atoms with Crippen LogP contribution in [0.15, 0.2) is 12.7 Å². The smallest absolute Gasteiger partial charge is 0.322 e. The highest BCUT2D eigenvalue weighted by molar-refractivity contribution is 7.87. The van der Waals surface area contributed by atoms with Crippen LogP contribution < -0.4 is 9.44 Å². The van der Waals surface area contributed by atoms with Gasteiger partial charge in [-0.15, -0.1) is 6.58 Å². The summed E-state index contributed by atoms with van der Waals surface area (Å²) in [5.74, 6) is -1.21. The van der Waals surface area contributed by atoms with Crippen molar-refractivity contribution in [1.82, 2.24) is 9.44 Å². The van der Waals surface area contributed by atoms with Crippen LogP contribution in [0.3, 0.4) is 0 Å². The number of hydrogen-bond acceptors (Lipinski definition) is 3. The Hall–Kier alpha value is -0.920. The summed E-state index contributed by atoms with van der Waals surface area (Å²) in [6.45, 7) is 3.37. The van der Waals surface area contributed by atoms with Gasteiger partial charge in [0.1, 0.15) is 6.04 Å². The van der Waals surface area contributed by atoms with Crippen molar-refractivity contribution in [3.05, 3.63) is 12.7 Å². The van der Waals surface area contributed by atoms with Gasteiger partial charge in [-0.2, -0.15) is 17.9 Å². The van der Waals surface area contributed by atoms with Crippen LogP contribution in [0.25, 0.3) is 0 Å². The van der Waals surface area contributed by atoms with Crippen molar-refractivity contribution in [3.63, 3.8) is 0 Å². The van der Waals surface area contributed by atoms with Gasteiger partial charge in [0.25, 0.3) is 10.2 Å². The van der Waals surface area contributed by atoms with Crippen molar-refractivity contribution in [2.45, 2.75) is 31.3 Å². The summed E-state index contributed by atoms with van der Waals surface area (Å²) in [6.07, 6.45) is 3.03. The maximum absolute atomic E-state index is 11.4. The number of rotatable bonds is 7. The second kappa shape index (κ2) is 4.73. The van der Waals surface area contributed by atoms with Crippen LogP contribution in [-0.2, 0) is 15.0 Å². The Morgan fingerprint density at radius 1 is 1.60 bits per heavy atom. The van der Waals surface area contributed by atoms with Gasteiger partial charge in [-0.05, 0) is 19.3 Å². The molecule has 0 saturated heterocycles. The first-order chi connectivity index (χ1) is 6.94. The number of hydrogen-bond donors (Lipinski definition) is 3. The summed E-state index contributed by atoms with van der Waals surface area (Å²) in [5.41, 5.74) is 0. The molecule has 1 rings (SSSR count). The minimum absolute atomic E-state index is 0.0410. The zero-order valence-corrected chi connectivity index (χ0v) is 8.96. The van der Waals surface area contributed by atoms with Crippen molar-refractivity contribution in [1.29, 1.82) is 0 Å². The Labute approximate surface area is 88.6 Å². The highest BCUT2D eigenvalue weighted by Crippen LogP contribution is 2.19. The third-order valence-corrected chi connectivity index (χ3v) is 3.14. The highest BCUT2D eigenvalue weighted by Gasteiger charge is 2.29. The predicted molar refractivity (Wildman–Crippen MR) is 54.5 cm³/mol. The van der Waals surface area contributed by atoms with Gasteiger partial charge < -0.3 is 5.11 Å². The third-order valence-electron chi connectivity index (χ3n) is 1.90. The van der Waals surface area contributed by atoms with Crippen LogP contribution in [0, 0.1) is 0 Å². The number of carboxylic acid groups (broad SMARTS) is 1. The molecule has 6 nitrogen and oxygen atoms in total. The standard InChI is InChI=1S/C8H14N2O4S/c1-2-3-7(8(11)12)10-15(13,14)9-6-4-5-6/h2,6-7,9-10H,1,3-5H2,(H,11,12). The SMILES string of the molecule is C=CCC(NS(=O)(=O)NC1CC1)C(=O)O. The van der Waals surface area contributed by atoms with Gasteiger partial charge >= 0.3 is 5.97 Å². The molecule has 7 heteroatoms. The molecule has 0 aliphatic heterocycles. The Morgan fingerprint density at radius 2 is 2.20 bits per heavy atom. The molecule has 86 valence electrons. The molecule has 3 N–H and O–H groups in total. The molecular weight excluding hydrogens is 220 g/mol. The van der Waals surface area contributed by atoms with Crippen LogP contribution in [0.5, 0.6) is 0 Å². The van der Waals surface area contributed by atoms with Crippen molar-refractivity contribution >= 4 is 16.2 Å². The Kier molecular flexibility index (Phi) is 3.83. The number of aliphatic carboxylic acids is 1. The van der Waals surface area contributed by atoms with E-state index in [2.05, 4.69) is 16.0 Å². The first-order valence-electron chi connectivity index (χ1n) is 4.58. The minimum Gasteiger partial charge on any atom is -0.480 e. The maximum Gasteiger partial charge on any atom is 0.322 e. The fourth-order valence-corrected chi connectivity index (χ4v) is 2.32. The molecule has 1 atom stereocenters. The van der Waals surface area contributed by atoms with Crippen LogP contribution in [0.1, 0.15) is 19.3 Å². The molecule has 1 aliphatic rings. The van der Waals surface area contributed by atoms with Crippen molar-refractivity contribution < 1.29 is 18.3 Å². The van der Waals surface area contributed by atoms with E-state index in [1.165, 1.54) is 6.08 Å². The van der Waals surface area contributed by atoms with Crippen LogP contribution in [-0.4, -0.2) is 31.6 Å². The number of nitrogens with one attached hydrogen (secondary N) is 2. The van der Waals surface area contributed by atoms with E-state index in [1.807, 2.05) is 0 Å².